The number of nitrogens with zero attached hydrogens (tertiary/aromatic N) is 2. The maximum absolute atomic E-state index is 6.50. The molecule has 0 bridgehead atoms. The van der Waals surface area contributed by atoms with Crippen LogP contribution in [-0.4, -0.2) is 60.6 Å². The molecule has 0 aromatic rings. The highest BCUT2D eigenvalue weighted by Gasteiger charge is 2.48. The highest BCUT2D eigenvalue weighted by atomic mass is 16.5. The van der Waals surface area contributed by atoms with Crippen LogP contribution < -0.4 is 0 Å². The van der Waals surface area contributed by atoms with Crippen molar-refractivity contribution < 1.29 is 9.47 Å². The van der Waals surface area contributed by atoms with Crippen LogP contribution in [0.15, 0.2) is 0 Å². The molecular formula is C31H54N2O2. The standard InChI is InChI=1S/C31H54N2O2/c1-31(2,25-13-15-29-23(17-25)19-32(21-34-29)27-9-5-3-6-10-27)26-14-16-30-24(18-26)20-33(22-35-30)28-11-7-4-8-12-28/h23-30H,3-22H2,1-2H3. The second-order valence-corrected chi connectivity index (χ2v) is 14.2. The molecule has 2 heterocycles. The highest BCUT2D eigenvalue weighted by Crippen LogP contribution is 2.52. The predicted octanol–water partition coefficient (Wildman–Crippen LogP) is 6.83. The molecule has 6 unspecified atom stereocenters. The third kappa shape index (κ3) is 5.38. The molecule has 4 nitrogen and oxygen atoms in total. The zero-order valence-corrected chi connectivity index (χ0v) is 23.0. The predicted molar refractivity (Wildman–Crippen MR) is 142 cm³/mol. The summed E-state index contributed by atoms with van der Waals surface area (Å²) in [5.41, 5.74) is 0.441. The average Bonchev–Trinajstić information content (AvgIpc) is 2.92. The highest BCUT2D eigenvalue weighted by molar-refractivity contribution is 4.98. The summed E-state index contributed by atoms with van der Waals surface area (Å²) in [6.07, 6.45) is 23.4. The lowest BCUT2D eigenvalue weighted by Crippen LogP contribution is -2.54. The lowest BCUT2D eigenvalue weighted by molar-refractivity contribution is -0.160. The van der Waals surface area contributed by atoms with E-state index in [9.17, 15) is 0 Å². The maximum atomic E-state index is 6.50. The molecule has 6 rings (SSSR count). The van der Waals surface area contributed by atoms with Gasteiger partial charge in [-0.3, -0.25) is 9.80 Å². The Morgan fingerprint density at radius 2 is 0.971 bits per heavy atom. The summed E-state index contributed by atoms with van der Waals surface area (Å²) in [4.78, 5) is 5.47. The molecule has 0 aromatic heterocycles. The molecule has 6 aliphatic rings. The van der Waals surface area contributed by atoms with Gasteiger partial charge in [0.15, 0.2) is 0 Å². The van der Waals surface area contributed by atoms with E-state index < -0.39 is 0 Å². The smallest absolute Gasteiger partial charge is 0.0996 e. The van der Waals surface area contributed by atoms with Crippen molar-refractivity contribution in [1.29, 1.82) is 0 Å². The fourth-order valence-corrected chi connectivity index (χ4v) is 9.47. The Balaban J connectivity index is 1.06. The van der Waals surface area contributed by atoms with Crippen LogP contribution in [0.25, 0.3) is 0 Å². The van der Waals surface area contributed by atoms with Crippen LogP contribution in [0, 0.1) is 29.1 Å². The van der Waals surface area contributed by atoms with Crippen molar-refractivity contribution in [2.24, 2.45) is 29.1 Å². The van der Waals surface area contributed by atoms with Crippen LogP contribution in [0.3, 0.4) is 0 Å². The molecule has 2 saturated heterocycles. The van der Waals surface area contributed by atoms with Crippen LogP contribution in [-0.2, 0) is 9.47 Å². The minimum Gasteiger partial charge on any atom is -0.363 e. The Hall–Kier alpha value is -0.160. The van der Waals surface area contributed by atoms with Crippen LogP contribution in [0.4, 0.5) is 0 Å². The maximum Gasteiger partial charge on any atom is 0.0996 e. The van der Waals surface area contributed by atoms with Crippen molar-refractivity contribution in [3.63, 3.8) is 0 Å². The third-order valence-electron chi connectivity index (χ3n) is 12.0. The van der Waals surface area contributed by atoms with Gasteiger partial charge in [0.05, 0.1) is 25.7 Å². The Morgan fingerprint density at radius 1 is 0.543 bits per heavy atom. The van der Waals surface area contributed by atoms with Gasteiger partial charge in [0.2, 0.25) is 0 Å². The first-order chi connectivity index (χ1) is 17.1. The second-order valence-electron chi connectivity index (χ2n) is 14.2. The zero-order chi connectivity index (χ0) is 23.8. The van der Waals surface area contributed by atoms with Crippen LogP contribution >= 0.6 is 0 Å². The molecule has 0 spiro atoms. The van der Waals surface area contributed by atoms with E-state index in [0.29, 0.717) is 17.6 Å². The first-order valence-electron chi connectivity index (χ1n) is 15.8. The Bertz CT molecular complexity index is 629. The molecule has 0 N–H and O–H groups in total. The molecule has 2 aliphatic heterocycles. The number of rotatable bonds is 4. The van der Waals surface area contributed by atoms with Gasteiger partial charge in [0.25, 0.3) is 0 Å². The van der Waals surface area contributed by atoms with E-state index in [1.807, 2.05) is 0 Å². The first kappa shape index (κ1) is 25.1. The third-order valence-corrected chi connectivity index (χ3v) is 12.0. The number of hydrogen-bond acceptors (Lipinski definition) is 4. The molecule has 0 radical (unpaired) electrons. The van der Waals surface area contributed by atoms with E-state index in [-0.39, 0.29) is 0 Å². The van der Waals surface area contributed by atoms with Gasteiger partial charge >= 0.3 is 0 Å². The summed E-state index contributed by atoms with van der Waals surface area (Å²) in [6, 6.07) is 1.60. The van der Waals surface area contributed by atoms with E-state index in [1.165, 1.54) is 116 Å². The number of ether oxygens (including phenoxy) is 2. The van der Waals surface area contributed by atoms with Gasteiger partial charge in [-0.1, -0.05) is 52.4 Å². The first-order valence-corrected chi connectivity index (χ1v) is 15.8. The van der Waals surface area contributed by atoms with Crippen LogP contribution in [0.1, 0.15) is 117 Å². The lowest BCUT2D eigenvalue weighted by Gasteiger charge is -2.53. The fourth-order valence-electron chi connectivity index (χ4n) is 9.47. The van der Waals surface area contributed by atoms with E-state index in [4.69, 9.17) is 9.47 Å². The summed E-state index contributed by atoms with van der Waals surface area (Å²) in [5, 5.41) is 0. The van der Waals surface area contributed by atoms with Gasteiger partial charge < -0.3 is 9.47 Å². The molecule has 0 amide bonds. The van der Waals surface area contributed by atoms with Gasteiger partial charge in [-0.25, -0.2) is 0 Å². The van der Waals surface area contributed by atoms with Crippen LogP contribution in [0.5, 0.6) is 0 Å². The lowest BCUT2D eigenvalue weighted by atomic mass is 9.57. The summed E-state index contributed by atoms with van der Waals surface area (Å²) >= 11 is 0. The van der Waals surface area contributed by atoms with Gasteiger partial charge in [-0.2, -0.15) is 0 Å². The molecule has 200 valence electrons. The molecule has 0 aromatic carbocycles. The Morgan fingerprint density at radius 3 is 1.40 bits per heavy atom. The van der Waals surface area contributed by atoms with Crippen molar-refractivity contribution in [3.8, 4) is 0 Å². The Kier molecular flexibility index (Phi) is 7.83. The average molecular weight is 487 g/mol. The van der Waals surface area contributed by atoms with Gasteiger partial charge in [0.1, 0.15) is 0 Å². The molecule has 35 heavy (non-hydrogen) atoms. The van der Waals surface area contributed by atoms with E-state index in [0.717, 1.165) is 49.2 Å². The van der Waals surface area contributed by atoms with Gasteiger partial charge in [-0.05, 0) is 93.3 Å². The van der Waals surface area contributed by atoms with Crippen molar-refractivity contribution in [2.45, 2.75) is 141 Å². The summed E-state index contributed by atoms with van der Waals surface area (Å²) < 4.78 is 13.0. The quantitative estimate of drug-likeness (QED) is 0.435. The minimum atomic E-state index is 0.441. The van der Waals surface area contributed by atoms with Crippen molar-refractivity contribution in [1.82, 2.24) is 9.80 Å². The van der Waals surface area contributed by atoms with Gasteiger partial charge in [-0.15, -0.1) is 0 Å². The number of fused-ring (bicyclic) bond motifs is 2. The van der Waals surface area contributed by atoms with Crippen molar-refractivity contribution in [3.05, 3.63) is 0 Å². The normalized spacial score (nSPS) is 41.3. The minimum absolute atomic E-state index is 0.441. The zero-order valence-electron chi connectivity index (χ0n) is 23.0. The summed E-state index contributed by atoms with van der Waals surface area (Å²) in [6.45, 7) is 9.72. The largest absolute Gasteiger partial charge is 0.363 e. The topological polar surface area (TPSA) is 24.9 Å². The molecule has 4 aliphatic carbocycles. The van der Waals surface area contributed by atoms with E-state index in [2.05, 4.69) is 23.6 Å². The molecule has 4 heteroatoms. The van der Waals surface area contributed by atoms with E-state index in [1.54, 1.807) is 0 Å². The molecule has 6 atom stereocenters. The fraction of sp³-hybridized carbons (Fsp3) is 1.00. The molecule has 6 fully saturated rings. The number of hydrogen-bond donors (Lipinski definition) is 0. The van der Waals surface area contributed by atoms with Crippen molar-refractivity contribution >= 4 is 0 Å². The van der Waals surface area contributed by atoms with Gasteiger partial charge in [0, 0.05) is 25.2 Å². The van der Waals surface area contributed by atoms with E-state index >= 15 is 0 Å². The van der Waals surface area contributed by atoms with Crippen molar-refractivity contribution in [2.75, 3.05) is 26.6 Å². The monoisotopic (exact) mass is 486 g/mol. The van der Waals surface area contributed by atoms with Crippen LogP contribution in [0.2, 0.25) is 0 Å². The summed E-state index contributed by atoms with van der Waals surface area (Å²) in [7, 11) is 0. The summed E-state index contributed by atoms with van der Waals surface area (Å²) in [5.74, 6) is 3.25. The molecular weight excluding hydrogens is 432 g/mol. The second kappa shape index (κ2) is 10.9. The SMILES string of the molecule is CC(C)(C1CCC2OCN(C3CCCCC3)CC2C1)C1CCC2OCN(C3CCCCC3)CC2C1. The molecule has 4 saturated carbocycles. The Labute approximate surface area is 215 Å².